The van der Waals surface area contributed by atoms with Crippen LogP contribution in [0.25, 0.3) is 33.4 Å². The molecular formula is C30H36N5O2+. The van der Waals surface area contributed by atoms with E-state index in [1.54, 1.807) is 6.07 Å². The van der Waals surface area contributed by atoms with Gasteiger partial charge in [0.1, 0.15) is 30.3 Å². The molecule has 0 unspecified atom stereocenters. The maximum absolute atomic E-state index is 13.2. The summed E-state index contributed by atoms with van der Waals surface area (Å²) in [5.41, 5.74) is 10.6. The normalized spacial score (nSPS) is 11.0. The molecule has 7 heteroatoms. The van der Waals surface area contributed by atoms with Crippen molar-refractivity contribution in [2.45, 2.75) is 27.7 Å². The van der Waals surface area contributed by atoms with Crippen LogP contribution in [0.1, 0.15) is 38.1 Å². The Labute approximate surface area is 218 Å². The molecule has 4 rings (SSSR count). The summed E-state index contributed by atoms with van der Waals surface area (Å²) in [6, 6.07) is 20.1. The van der Waals surface area contributed by atoms with E-state index in [2.05, 4.69) is 78.9 Å². The van der Waals surface area contributed by atoms with E-state index >= 15 is 0 Å². The number of hydrogen-bond donors (Lipinski definition) is 3. The molecule has 1 aliphatic carbocycles. The lowest BCUT2D eigenvalue weighted by atomic mass is 9.90. The fraction of sp³-hybridized carbons (Fsp3) is 0.300. The standard InChI is InChI=1S/C30H35N5O2/c1-5-34(6-2)20-13-15-24-26(17-20)37-27-18-21(35(7-3)8-4)14-16-25(27)29(24)22-11-9-10-12-23(22)30(36)33-19-28(31)32/h9-18H,5-8,19H2,1-4H3,(H3-,31,32,33,36)/p+1. The molecule has 2 aliphatic rings. The molecule has 0 saturated heterocycles. The molecule has 37 heavy (non-hydrogen) atoms. The number of amides is 1. The Morgan fingerprint density at radius 3 is 2.38 bits per heavy atom. The second-order valence-corrected chi connectivity index (χ2v) is 8.94. The third-order valence-electron chi connectivity index (χ3n) is 6.83. The molecule has 1 amide bonds. The first-order valence-electron chi connectivity index (χ1n) is 13.0. The summed E-state index contributed by atoms with van der Waals surface area (Å²) < 4.78 is 8.83. The predicted octanol–water partition coefficient (Wildman–Crippen LogP) is 4.53. The van der Waals surface area contributed by atoms with E-state index in [0.29, 0.717) is 5.56 Å². The number of fused-ring (bicyclic) bond motifs is 2. The molecule has 0 aromatic heterocycles. The molecule has 0 spiro atoms. The highest BCUT2D eigenvalue weighted by Crippen LogP contribution is 2.42. The summed E-state index contributed by atoms with van der Waals surface area (Å²) in [5, 5.41) is 12.3. The molecule has 1 heterocycles. The van der Waals surface area contributed by atoms with Gasteiger partial charge < -0.3 is 20.4 Å². The first-order chi connectivity index (χ1) is 17.9. The lowest BCUT2D eigenvalue weighted by Gasteiger charge is -2.22. The Morgan fingerprint density at radius 1 is 0.973 bits per heavy atom. The number of nitrogens with one attached hydrogen (secondary N) is 2. The average molecular weight is 499 g/mol. The topological polar surface area (TPSA) is 98.4 Å². The summed E-state index contributed by atoms with van der Waals surface area (Å²) in [5.74, 6) is 0.406. The highest BCUT2D eigenvalue weighted by Gasteiger charge is 2.22. The first kappa shape index (κ1) is 25.9. The fourth-order valence-corrected chi connectivity index (χ4v) is 4.90. The fourth-order valence-electron chi connectivity index (χ4n) is 4.90. The summed E-state index contributed by atoms with van der Waals surface area (Å²) in [7, 11) is 0. The monoisotopic (exact) mass is 498 g/mol. The maximum atomic E-state index is 13.2. The second kappa shape index (κ2) is 11.3. The Balaban J connectivity index is 2.05. The van der Waals surface area contributed by atoms with Crippen LogP contribution >= 0.6 is 0 Å². The highest BCUT2D eigenvalue weighted by molar-refractivity contribution is 6.09. The predicted molar refractivity (Wildman–Crippen MR) is 152 cm³/mol. The smallest absolute Gasteiger partial charge is 0.252 e. The number of carbonyl (C=O) groups is 1. The summed E-state index contributed by atoms with van der Waals surface area (Å²) in [6.07, 6.45) is 0. The number of anilines is 1. The van der Waals surface area contributed by atoms with Crippen molar-refractivity contribution in [2.24, 2.45) is 5.73 Å². The lowest BCUT2D eigenvalue weighted by molar-refractivity contribution is 0.0959. The van der Waals surface area contributed by atoms with Crippen LogP contribution < -0.4 is 25.9 Å². The molecule has 0 bridgehead atoms. The van der Waals surface area contributed by atoms with Gasteiger partial charge in [0.05, 0.1) is 12.6 Å². The Hall–Kier alpha value is -4.13. The second-order valence-electron chi connectivity index (χ2n) is 8.94. The van der Waals surface area contributed by atoms with Gasteiger partial charge in [-0.25, -0.2) is 4.58 Å². The SMILES string of the molecule is CCN(CC)c1ccc2c(-c3ccccc3C(=O)NCC(=N)N)c3ccc(=[N+](CC)CC)cc-3oc2c1. The van der Waals surface area contributed by atoms with Crippen molar-refractivity contribution in [3.05, 3.63) is 71.6 Å². The molecule has 192 valence electrons. The quantitative estimate of drug-likeness (QED) is 0.137. The van der Waals surface area contributed by atoms with Gasteiger partial charge in [-0.2, -0.15) is 0 Å². The largest absolute Gasteiger partial charge is 0.456 e. The van der Waals surface area contributed by atoms with Gasteiger partial charge in [-0.3, -0.25) is 10.2 Å². The Kier molecular flexibility index (Phi) is 7.92. The molecular weight excluding hydrogens is 462 g/mol. The van der Waals surface area contributed by atoms with Crippen LogP contribution in [-0.2, 0) is 0 Å². The molecule has 2 aromatic carbocycles. The number of benzene rings is 3. The Morgan fingerprint density at radius 2 is 1.70 bits per heavy atom. The first-order valence-corrected chi connectivity index (χ1v) is 13.0. The third-order valence-corrected chi connectivity index (χ3v) is 6.83. The van der Waals surface area contributed by atoms with Crippen molar-refractivity contribution in [3.63, 3.8) is 0 Å². The molecule has 7 nitrogen and oxygen atoms in total. The van der Waals surface area contributed by atoms with Gasteiger partial charge in [-0.1, -0.05) is 18.2 Å². The number of nitrogens with two attached hydrogens (primary N) is 1. The van der Waals surface area contributed by atoms with Crippen LogP contribution in [0.5, 0.6) is 0 Å². The van der Waals surface area contributed by atoms with Gasteiger partial charge in [0.15, 0.2) is 0 Å². The van der Waals surface area contributed by atoms with Gasteiger partial charge in [-0.15, -0.1) is 0 Å². The number of rotatable bonds is 9. The number of amidine groups is 1. The molecule has 0 fully saturated rings. The van der Waals surface area contributed by atoms with Crippen molar-refractivity contribution in [2.75, 3.05) is 37.6 Å². The van der Waals surface area contributed by atoms with Crippen molar-refractivity contribution in [1.82, 2.24) is 9.89 Å². The molecule has 0 saturated carbocycles. The van der Waals surface area contributed by atoms with Gasteiger partial charge in [0.25, 0.3) is 5.91 Å². The number of nitrogens with zero attached hydrogens (tertiary/aromatic N) is 2. The van der Waals surface area contributed by atoms with E-state index in [1.165, 1.54) is 0 Å². The number of hydrogen-bond acceptors (Lipinski definition) is 4. The van der Waals surface area contributed by atoms with Crippen molar-refractivity contribution >= 4 is 28.4 Å². The van der Waals surface area contributed by atoms with E-state index in [1.807, 2.05) is 18.2 Å². The summed E-state index contributed by atoms with van der Waals surface area (Å²) in [4.78, 5) is 15.4. The zero-order chi connectivity index (χ0) is 26.5. The van der Waals surface area contributed by atoms with Gasteiger partial charge in [0, 0.05) is 53.0 Å². The number of carbonyl (C=O) groups excluding carboxylic acids is 1. The van der Waals surface area contributed by atoms with Gasteiger partial charge in [-0.05, 0) is 57.5 Å². The molecule has 2 aromatic rings. The lowest BCUT2D eigenvalue weighted by Crippen LogP contribution is -2.33. The highest BCUT2D eigenvalue weighted by atomic mass is 16.3. The summed E-state index contributed by atoms with van der Waals surface area (Å²) >= 11 is 0. The van der Waals surface area contributed by atoms with Crippen LogP contribution in [0.4, 0.5) is 5.69 Å². The van der Waals surface area contributed by atoms with Gasteiger partial charge >= 0.3 is 0 Å². The summed E-state index contributed by atoms with van der Waals surface area (Å²) in [6.45, 7) is 12.2. The molecule has 1 aliphatic heterocycles. The maximum Gasteiger partial charge on any atom is 0.252 e. The van der Waals surface area contributed by atoms with E-state index in [-0.39, 0.29) is 18.3 Å². The minimum absolute atomic E-state index is 0.000748. The molecule has 0 atom stereocenters. The van der Waals surface area contributed by atoms with Crippen molar-refractivity contribution in [3.8, 4) is 22.5 Å². The Bertz CT molecular complexity index is 1480. The molecule has 0 radical (unpaired) electrons. The zero-order valence-corrected chi connectivity index (χ0v) is 22.1. The van der Waals surface area contributed by atoms with Crippen LogP contribution in [0.2, 0.25) is 0 Å². The van der Waals surface area contributed by atoms with Crippen LogP contribution in [0, 0.1) is 5.41 Å². The average Bonchev–Trinajstić information content (AvgIpc) is 2.91. The van der Waals surface area contributed by atoms with Crippen LogP contribution in [-0.4, -0.2) is 44.5 Å². The van der Waals surface area contributed by atoms with E-state index < -0.39 is 0 Å². The van der Waals surface area contributed by atoms with E-state index in [0.717, 1.165) is 70.6 Å². The zero-order valence-electron chi connectivity index (χ0n) is 22.1. The van der Waals surface area contributed by atoms with Crippen LogP contribution in [0.3, 0.4) is 0 Å². The van der Waals surface area contributed by atoms with E-state index in [4.69, 9.17) is 15.6 Å². The van der Waals surface area contributed by atoms with E-state index in [9.17, 15) is 4.79 Å². The van der Waals surface area contributed by atoms with Crippen molar-refractivity contribution < 1.29 is 9.21 Å². The third kappa shape index (κ3) is 5.21. The van der Waals surface area contributed by atoms with Crippen LogP contribution in [0.15, 0.2) is 65.1 Å². The van der Waals surface area contributed by atoms with Gasteiger partial charge in [0.2, 0.25) is 5.36 Å². The minimum atomic E-state index is -0.271. The molecule has 4 N–H and O–H groups in total. The minimum Gasteiger partial charge on any atom is -0.456 e. The van der Waals surface area contributed by atoms with Crippen molar-refractivity contribution in [1.29, 1.82) is 5.41 Å².